The summed E-state index contributed by atoms with van der Waals surface area (Å²) in [6.07, 6.45) is 4.02. The number of carbonyl (C=O) groups is 2. The van der Waals surface area contributed by atoms with Crippen LogP contribution in [0.4, 0.5) is 5.69 Å². The van der Waals surface area contributed by atoms with Crippen molar-refractivity contribution in [3.05, 3.63) is 65.2 Å². The van der Waals surface area contributed by atoms with Crippen LogP contribution in [0.1, 0.15) is 80.5 Å². The van der Waals surface area contributed by atoms with E-state index in [1.807, 2.05) is 48.5 Å². The highest BCUT2D eigenvalue weighted by Gasteiger charge is 2.41. The Hall–Kier alpha value is -2.90. The number of likely N-dealkylation sites (tertiary alicyclic amines) is 1. The van der Waals surface area contributed by atoms with Crippen molar-refractivity contribution in [2.75, 3.05) is 38.2 Å². The van der Waals surface area contributed by atoms with E-state index >= 15 is 0 Å². The number of aliphatic hydroxyl groups excluding tert-OH is 1. The lowest BCUT2D eigenvalue weighted by Crippen LogP contribution is -2.48. The molecule has 3 aliphatic heterocycles. The first-order valence-corrected chi connectivity index (χ1v) is 15.3. The average molecular weight is 598 g/mol. The maximum atomic E-state index is 12.6. The molecule has 0 aliphatic carbocycles. The molecule has 2 amide bonds. The Morgan fingerprint density at radius 2 is 1.63 bits per heavy atom. The summed E-state index contributed by atoms with van der Waals surface area (Å²) in [4.78, 5) is 26.1. The second kappa shape index (κ2) is 15.2. The highest BCUT2D eigenvalue weighted by molar-refractivity contribution is 5.90. The van der Waals surface area contributed by atoms with Crippen LogP contribution < -0.4 is 10.8 Å². The summed E-state index contributed by atoms with van der Waals surface area (Å²) in [5.74, 6) is -0.946. The number of unbranched alkanes of at least 4 members (excludes halogenated alkanes) is 2. The minimum absolute atomic E-state index is 0.0105. The van der Waals surface area contributed by atoms with Gasteiger partial charge in [-0.3, -0.25) is 14.8 Å². The van der Waals surface area contributed by atoms with Gasteiger partial charge in [-0.2, -0.15) is 0 Å². The van der Waals surface area contributed by atoms with E-state index in [0.29, 0.717) is 51.0 Å². The molecule has 0 radical (unpaired) electrons. The summed E-state index contributed by atoms with van der Waals surface area (Å²) in [6.45, 7) is 3.81. The third-order valence-corrected chi connectivity index (χ3v) is 8.38. The first-order valence-electron chi connectivity index (χ1n) is 15.3. The molecule has 5 rings (SSSR count). The Morgan fingerprint density at radius 3 is 2.33 bits per heavy atom. The molecule has 11 nitrogen and oxygen atoms in total. The van der Waals surface area contributed by atoms with Gasteiger partial charge in [-0.15, -0.1) is 0 Å². The van der Waals surface area contributed by atoms with Gasteiger partial charge in [-0.25, -0.2) is 5.48 Å². The Balaban J connectivity index is 1.21. The molecular weight excluding hydrogens is 554 g/mol. The van der Waals surface area contributed by atoms with E-state index in [1.54, 1.807) is 5.48 Å². The highest BCUT2D eigenvalue weighted by Crippen LogP contribution is 2.39. The second-order valence-electron chi connectivity index (χ2n) is 11.5. The number of rotatable bonds is 12. The normalized spacial score (nSPS) is 23.7. The molecule has 11 heteroatoms. The van der Waals surface area contributed by atoms with Crippen molar-refractivity contribution >= 4 is 17.5 Å². The van der Waals surface area contributed by atoms with Crippen LogP contribution in [-0.2, 0) is 35.1 Å². The van der Waals surface area contributed by atoms with E-state index in [1.165, 1.54) is 0 Å². The summed E-state index contributed by atoms with van der Waals surface area (Å²) in [7, 11) is 0. The van der Waals surface area contributed by atoms with Gasteiger partial charge < -0.3 is 34.3 Å². The molecule has 234 valence electrons. The lowest BCUT2D eigenvalue weighted by atomic mass is 9.98. The predicted octanol–water partition coefficient (Wildman–Crippen LogP) is 3.96. The topological polar surface area (TPSA) is 139 Å². The molecule has 43 heavy (non-hydrogen) atoms. The monoisotopic (exact) mass is 597 g/mol. The third kappa shape index (κ3) is 8.82. The molecule has 0 aromatic heterocycles. The molecule has 1 spiro atoms. The number of hydrogen-bond donors (Lipinski definition) is 4. The number of carbonyl (C=O) groups excluding carboxylic acids is 2. The predicted molar refractivity (Wildman–Crippen MR) is 157 cm³/mol. The fourth-order valence-corrected chi connectivity index (χ4v) is 5.97. The Kier molecular flexibility index (Phi) is 11.1. The van der Waals surface area contributed by atoms with Crippen molar-refractivity contribution in [3.8, 4) is 0 Å². The van der Waals surface area contributed by atoms with Crippen LogP contribution in [0, 0.1) is 0 Å². The molecule has 2 aromatic carbocycles. The van der Waals surface area contributed by atoms with Gasteiger partial charge in [0.15, 0.2) is 12.1 Å². The Bertz CT molecular complexity index is 1190. The van der Waals surface area contributed by atoms with E-state index in [9.17, 15) is 14.7 Å². The first kappa shape index (κ1) is 31.5. The van der Waals surface area contributed by atoms with Crippen molar-refractivity contribution in [2.45, 2.75) is 82.3 Å². The third-order valence-electron chi connectivity index (χ3n) is 8.38. The average Bonchev–Trinajstić information content (AvgIpc) is 3.50. The number of piperidine rings is 1. The van der Waals surface area contributed by atoms with Crippen LogP contribution in [0.5, 0.6) is 0 Å². The fraction of sp³-hybridized carbons (Fsp3) is 0.562. The van der Waals surface area contributed by atoms with Crippen molar-refractivity contribution in [2.24, 2.45) is 0 Å². The maximum Gasteiger partial charge on any atom is 0.243 e. The number of nitrogens with one attached hydrogen (secondary N) is 2. The molecule has 0 unspecified atom stereocenters. The number of hydroxylamine groups is 1. The van der Waals surface area contributed by atoms with Gasteiger partial charge in [0.1, 0.15) is 0 Å². The van der Waals surface area contributed by atoms with Crippen molar-refractivity contribution in [3.63, 3.8) is 0 Å². The molecule has 3 saturated heterocycles. The summed E-state index contributed by atoms with van der Waals surface area (Å²) in [5.41, 5.74) is 4.98. The van der Waals surface area contributed by atoms with Crippen molar-refractivity contribution in [1.82, 2.24) is 10.4 Å². The number of anilines is 1. The number of benzene rings is 2. The molecule has 4 N–H and O–H groups in total. The quantitative estimate of drug-likeness (QED) is 0.163. The first-order chi connectivity index (χ1) is 20.9. The van der Waals surface area contributed by atoms with Crippen LogP contribution in [-0.4, -0.2) is 71.8 Å². The van der Waals surface area contributed by atoms with Crippen molar-refractivity contribution in [1.29, 1.82) is 0 Å². The van der Waals surface area contributed by atoms with E-state index in [0.717, 1.165) is 49.2 Å². The lowest BCUT2D eigenvalue weighted by molar-refractivity contribution is -0.255. The van der Waals surface area contributed by atoms with Crippen LogP contribution in [0.15, 0.2) is 48.5 Å². The molecule has 2 aromatic rings. The Labute approximate surface area is 252 Å². The van der Waals surface area contributed by atoms with E-state index < -0.39 is 18.0 Å². The molecule has 0 saturated carbocycles. The number of ether oxygens (including phenoxy) is 4. The summed E-state index contributed by atoms with van der Waals surface area (Å²) in [5, 5.41) is 21.0. The number of hydrogen-bond acceptors (Lipinski definition) is 9. The molecule has 3 fully saturated rings. The van der Waals surface area contributed by atoms with Gasteiger partial charge in [-0.1, -0.05) is 42.8 Å². The second-order valence-corrected chi connectivity index (χ2v) is 11.5. The van der Waals surface area contributed by atoms with Crippen LogP contribution in [0.2, 0.25) is 0 Å². The SMILES string of the molecule is O=C(CCCCCC(=O)Nc1cccc([C@@H]2O[C@H](CN3CCC4(CC3)OCCO4)C[C@H](c3ccc(CO)cc3)O2)c1)NO. The van der Waals surface area contributed by atoms with Gasteiger partial charge in [-0.05, 0) is 36.1 Å². The highest BCUT2D eigenvalue weighted by atomic mass is 16.7. The number of aliphatic hydroxyl groups is 1. The van der Waals surface area contributed by atoms with E-state index in [4.69, 9.17) is 24.2 Å². The molecule has 3 aliphatic rings. The molecule has 3 heterocycles. The van der Waals surface area contributed by atoms with Gasteiger partial charge in [0, 0.05) is 63.0 Å². The van der Waals surface area contributed by atoms with Crippen LogP contribution in [0.3, 0.4) is 0 Å². The molecular formula is C32H43N3O8. The number of nitrogens with zero attached hydrogens (tertiary/aromatic N) is 1. The maximum absolute atomic E-state index is 12.6. The minimum Gasteiger partial charge on any atom is -0.392 e. The Morgan fingerprint density at radius 1 is 0.907 bits per heavy atom. The zero-order valence-electron chi connectivity index (χ0n) is 24.5. The van der Waals surface area contributed by atoms with Gasteiger partial charge in [0.25, 0.3) is 0 Å². The fourth-order valence-electron chi connectivity index (χ4n) is 5.97. The molecule has 0 bridgehead atoms. The summed E-state index contributed by atoms with van der Waals surface area (Å²) >= 11 is 0. The van der Waals surface area contributed by atoms with Gasteiger partial charge >= 0.3 is 0 Å². The standard InChI is InChI=1S/C32H43N3O8/c36-22-23-9-11-24(12-10-23)28-20-27(21-35-15-13-32(14-16-35)40-17-18-41-32)42-31(43-28)25-5-4-6-26(19-25)33-29(37)7-2-1-3-8-30(38)34-39/h4-6,9-12,19,27-28,31,36,39H,1-3,7-8,13-18,20-22H2,(H,33,37)(H,34,38)/t27-,28+,31+/m0/s1. The number of amides is 2. The lowest BCUT2D eigenvalue weighted by Gasteiger charge is -2.41. The van der Waals surface area contributed by atoms with Crippen molar-refractivity contribution < 1.29 is 38.9 Å². The smallest absolute Gasteiger partial charge is 0.243 e. The minimum atomic E-state index is -0.617. The van der Waals surface area contributed by atoms with E-state index in [-0.39, 0.29) is 31.1 Å². The van der Waals surface area contributed by atoms with Gasteiger partial charge in [0.05, 0.1) is 32.0 Å². The summed E-state index contributed by atoms with van der Waals surface area (Å²) in [6, 6.07) is 15.4. The largest absolute Gasteiger partial charge is 0.392 e. The van der Waals surface area contributed by atoms with Crippen LogP contribution >= 0.6 is 0 Å². The zero-order valence-corrected chi connectivity index (χ0v) is 24.5. The summed E-state index contributed by atoms with van der Waals surface area (Å²) < 4.78 is 24.8. The van der Waals surface area contributed by atoms with E-state index in [2.05, 4.69) is 10.2 Å². The zero-order chi connectivity index (χ0) is 30.1. The van der Waals surface area contributed by atoms with Crippen LogP contribution in [0.25, 0.3) is 0 Å². The van der Waals surface area contributed by atoms with Gasteiger partial charge in [0.2, 0.25) is 11.8 Å². The molecule has 3 atom stereocenters.